The third kappa shape index (κ3) is 3.67. The van der Waals surface area contributed by atoms with Crippen molar-refractivity contribution in [1.29, 1.82) is 0 Å². The van der Waals surface area contributed by atoms with Gasteiger partial charge >= 0.3 is 0 Å². The Labute approximate surface area is 109 Å². The summed E-state index contributed by atoms with van der Waals surface area (Å²) >= 11 is 0. The van der Waals surface area contributed by atoms with Crippen LogP contribution in [-0.2, 0) is 9.53 Å². The van der Waals surface area contributed by atoms with Gasteiger partial charge in [-0.1, -0.05) is 0 Å². The molecule has 18 heavy (non-hydrogen) atoms. The summed E-state index contributed by atoms with van der Waals surface area (Å²) in [5.41, 5.74) is 0. The first-order valence-electron chi connectivity index (χ1n) is 7.04. The van der Waals surface area contributed by atoms with Gasteiger partial charge in [0, 0.05) is 38.9 Å². The van der Waals surface area contributed by atoms with Gasteiger partial charge in [0.25, 0.3) is 0 Å². The molecule has 5 heteroatoms. The van der Waals surface area contributed by atoms with E-state index in [4.69, 9.17) is 4.74 Å². The zero-order valence-electron chi connectivity index (χ0n) is 11.3. The van der Waals surface area contributed by atoms with Crippen LogP contribution in [-0.4, -0.2) is 62.8 Å². The number of nitrogens with one attached hydrogen (secondary N) is 2. The molecule has 0 aromatic carbocycles. The number of methoxy groups -OCH3 is 1. The zero-order valence-corrected chi connectivity index (χ0v) is 11.3. The maximum Gasteiger partial charge on any atom is 0.233 e. The minimum Gasteiger partial charge on any atom is -0.385 e. The minimum absolute atomic E-state index is 0.0996. The van der Waals surface area contributed by atoms with Crippen LogP contribution < -0.4 is 10.6 Å². The first kappa shape index (κ1) is 13.8. The number of hydrogen-bond acceptors (Lipinski definition) is 4. The molecule has 1 amide bonds. The number of amides is 1. The Morgan fingerprint density at radius 2 is 2.28 bits per heavy atom. The molecule has 2 rings (SSSR count). The van der Waals surface area contributed by atoms with Crippen LogP contribution >= 0.6 is 0 Å². The van der Waals surface area contributed by atoms with Crippen molar-refractivity contribution in [3.8, 4) is 0 Å². The third-order valence-corrected chi connectivity index (χ3v) is 3.98. The van der Waals surface area contributed by atoms with E-state index in [1.54, 1.807) is 7.11 Å². The van der Waals surface area contributed by atoms with Crippen LogP contribution in [0.4, 0.5) is 0 Å². The Morgan fingerprint density at radius 1 is 1.39 bits per heavy atom. The zero-order chi connectivity index (χ0) is 12.8. The standard InChI is InChI=1S/C13H25N3O2/c1-18-9-3-6-14-13(17)10-15-11-5-8-16-7-2-4-12(11)16/h11-12,15H,2-10H2,1H3,(H,14,17). The SMILES string of the molecule is COCCCNC(=O)CNC1CCN2CCCC12. The van der Waals surface area contributed by atoms with Crippen molar-refractivity contribution in [1.82, 2.24) is 15.5 Å². The highest BCUT2D eigenvalue weighted by Crippen LogP contribution is 2.27. The van der Waals surface area contributed by atoms with E-state index < -0.39 is 0 Å². The van der Waals surface area contributed by atoms with Crippen molar-refractivity contribution in [3.05, 3.63) is 0 Å². The summed E-state index contributed by atoms with van der Waals surface area (Å²) in [6.45, 7) is 4.29. The van der Waals surface area contributed by atoms with E-state index in [1.165, 1.54) is 32.4 Å². The highest BCUT2D eigenvalue weighted by molar-refractivity contribution is 5.77. The van der Waals surface area contributed by atoms with Gasteiger partial charge in [0.2, 0.25) is 5.91 Å². The van der Waals surface area contributed by atoms with E-state index in [1.807, 2.05) is 0 Å². The van der Waals surface area contributed by atoms with Crippen molar-refractivity contribution in [2.75, 3.05) is 39.9 Å². The van der Waals surface area contributed by atoms with Crippen molar-refractivity contribution >= 4 is 5.91 Å². The number of carbonyl (C=O) groups excluding carboxylic acids is 1. The molecule has 0 spiro atoms. The highest BCUT2D eigenvalue weighted by atomic mass is 16.5. The van der Waals surface area contributed by atoms with Crippen molar-refractivity contribution in [2.24, 2.45) is 0 Å². The summed E-state index contributed by atoms with van der Waals surface area (Å²) in [4.78, 5) is 14.2. The predicted octanol–water partition coefficient (Wildman–Crippen LogP) is -0.0346. The smallest absolute Gasteiger partial charge is 0.233 e. The van der Waals surface area contributed by atoms with Crippen molar-refractivity contribution in [2.45, 2.75) is 37.8 Å². The van der Waals surface area contributed by atoms with E-state index in [0.29, 0.717) is 31.8 Å². The van der Waals surface area contributed by atoms with E-state index in [-0.39, 0.29) is 5.91 Å². The molecule has 2 aliphatic heterocycles. The molecule has 2 saturated heterocycles. The van der Waals surface area contributed by atoms with Crippen LogP contribution in [0.2, 0.25) is 0 Å². The lowest BCUT2D eigenvalue weighted by Gasteiger charge is -2.21. The monoisotopic (exact) mass is 255 g/mol. The third-order valence-electron chi connectivity index (χ3n) is 3.98. The summed E-state index contributed by atoms with van der Waals surface area (Å²) in [6.07, 6.45) is 4.66. The molecule has 2 unspecified atom stereocenters. The second-order valence-electron chi connectivity index (χ2n) is 5.22. The van der Waals surface area contributed by atoms with E-state index >= 15 is 0 Å². The molecule has 5 nitrogen and oxygen atoms in total. The topological polar surface area (TPSA) is 53.6 Å². The fourth-order valence-electron chi connectivity index (χ4n) is 3.05. The molecule has 2 aliphatic rings. The summed E-state index contributed by atoms with van der Waals surface area (Å²) in [5.74, 6) is 0.0996. The van der Waals surface area contributed by atoms with Gasteiger partial charge in [-0.05, 0) is 32.2 Å². The molecule has 104 valence electrons. The largest absolute Gasteiger partial charge is 0.385 e. The van der Waals surface area contributed by atoms with Gasteiger partial charge in [0.15, 0.2) is 0 Å². The van der Waals surface area contributed by atoms with Gasteiger partial charge in [-0.3, -0.25) is 9.69 Å². The molecular formula is C13H25N3O2. The van der Waals surface area contributed by atoms with Crippen LogP contribution in [0.15, 0.2) is 0 Å². The lowest BCUT2D eigenvalue weighted by atomic mass is 10.1. The molecule has 2 N–H and O–H groups in total. The number of carbonyl (C=O) groups is 1. The Morgan fingerprint density at radius 3 is 3.11 bits per heavy atom. The van der Waals surface area contributed by atoms with Crippen molar-refractivity contribution < 1.29 is 9.53 Å². The molecule has 0 aromatic heterocycles. The van der Waals surface area contributed by atoms with Gasteiger partial charge in [0.1, 0.15) is 0 Å². The molecule has 0 radical (unpaired) electrons. The summed E-state index contributed by atoms with van der Waals surface area (Å²) < 4.78 is 4.94. The molecule has 0 saturated carbocycles. The number of nitrogens with zero attached hydrogens (tertiary/aromatic N) is 1. The molecular weight excluding hydrogens is 230 g/mol. The fourth-order valence-corrected chi connectivity index (χ4v) is 3.05. The summed E-state index contributed by atoms with van der Waals surface area (Å²) in [6, 6.07) is 1.18. The van der Waals surface area contributed by atoms with Crippen molar-refractivity contribution in [3.63, 3.8) is 0 Å². The molecule has 0 bridgehead atoms. The Balaban J connectivity index is 1.58. The number of ether oxygens (including phenoxy) is 1. The molecule has 2 atom stereocenters. The molecule has 2 heterocycles. The summed E-state index contributed by atoms with van der Waals surface area (Å²) in [7, 11) is 1.68. The average molecular weight is 255 g/mol. The summed E-state index contributed by atoms with van der Waals surface area (Å²) in [5, 5.41) is 6.31. The number of rotatable bonds is 7. The predicted molar refractivity (Wildman–Crippen MR) is 70.5 cm³/mol. The van der Waals surface area contributed by atoms with Crippen LogP contribution in [0, 0.1) is 0 Å². The van der Waals surface area contributed by atoms with Crippen LogP contribution in [0.1, 0.15) is 25.7 Å². The maximum atomic E-state index is 11.6. The van der Waals surface area contributed by atoms with Crippen LogP contribution in [0.5, 0.6) is 0 Å². The number of fused-ring (bicyclic) bond motifs is 1. The van der Waals surface area contributed by atoms with E-state index in [0.717, 1.165) is 6.42 Å². The van der Waals surface area contributed by atoms with Crippen LogP contribution in [0.3, 0.4) is 0 Å². The highest BCUT2D eigenvalue weighted by Gasteiger charge is 2.36. The molecule has 2 fully saturated rings. The Hall–Kier alpha value is -0.650. The molecule has 0 aliphatic carbocycles. The van der Waals surface area contributed by atoms with Crippen LogP contribution in [0.25, 0.3) is 0 Å². The Bertz CT molecular complexity index is 273. The normalized spacial score (nSPS) is 27.4. The van der Waals surface area contributed by atoms with Gasteiger partial charge in [0.05, 0.1) is 6.54 Å². The van der Waals surface area contributed by atoms with E-state index in [9.17, 15) is 4.79 Å². The second-order valence-corrected chi connectivity index (χ2v) is 5.22. The average Bonchev–Trinajstić information content (AvgIpc) is 2.95. The molecule has 0 aromatic rings. The van der Waals surface area contributed by atoms with E-state index in [2.05, 4.69) is 15.5 Å². The quantitative estimate of drug-likeness (QED) is 0.627. The minimum atomic E-state index is 0.0996. The van der Waals surface area contributed by atoms with Gasteiger partial charge in [-0.2, -0.15) is 0 Å². The first-order chi connectivity index (χ1) is 8.81. The van der Waals surface area contributed by atoms with Gasteiger partial charge in [-0.15, -0.1) is 0 Å². The van der Waals surface area contributed by atoms with Gasteiger partial charge < -0.3 is 15.4 Å². The second kappa shape index (κ2) is 7.07. The van der Waals surface area contributed by atoms with Gasteiger partial charge in [-0.25, -0.2) is 0 Å². The number of hydrogen-bond donors (Lipinski definition) is 2. The maximum absolute atomic E-state index is 11.6. The lowest BCUT2D eigenvalue weighted by molar-refractivity contribution is -0.120. The first-order valence-corrected chi connectivity index (χ1v) is 7.04. The fraction of sp³-hybridized carbons (Fsp3) is 0.923. The Kier molecular flexibility index (Phi) is 5.41. The lowest BCUT2D eigenvalue weighted by Crippen LogP contribution is -2.44.